The number of hydrogen-bond acceptors (Lipinski definition) is 6. The fourth-order valence-electron chi connectivity index (χ4n) is 5.36. The number of nitrogens with one attached hydrogen (secondary N) is 4. The van der Waals surface area contributed by atoms with Crippen molar-refractivity contribution in [1.29, 1.82) is 0 Å². The molecule has 2 aliphatic carbocycles. The third-order valence-electron chi connectivity index (χ3n) is 7.90. The molecule has 0 atom stereocenters. The van der Waals surface area contributed by atoms with E-state index in [1.54, 1.807) is 50.2 Å². The lowest BCUT2D eigenvalue weighted by Crippen LogP contribution is -2.36. The average molecular weight is 573 g/mol. The van der Waals surface area contributed by atoms with Crippen molar-refractivity contribution in [3.05, 3.63) is 59.7 Å². The molecule has 4 rings (SSSR count). The smallest absolute Gasteiger partial charge is 0.326 e. The summed E-state index contributed by atoms with van der Waals surface area (Å²) in [5.41, 5.74) is 8.14. The first-order valence-electron chi connectivity index (χ1n) is 14.8. The van der Waals surface area contributed by atoms with Crippen molar-refractivity contribution in [2.45, 2.75) is 78.1 Å². The van der Waals surface area contributed by atoms with Gasteiger partial charge in [-0.2, -0.15) is 10.2 Å². The highest BCUT2D eigenvalue weighted by atomic mass is 16.2. The van der Waals surface area contributed by atoms with Gasteiger partial charge in [-0.15, -0.1) is 0 Å². The van der Waals surface area contributed by atoms with Crippen LogP contribution in [0.2, 0.25) is 0 Å². The highest BCUT2D eigenvalue weighted by Crippen LogP contribution is 2.26. The van der Waals surface area contributed by atoms with Crippen molar-refractivity contribution in [3.63, 3.8) is 0 Å². The van der Waals surface area contributed by atoms with Crippen molar-refractivity contribution in [1.82, 2.24) is 10.9 Å². The number of anilines is 2. The molecule has 2 saturated carbocycles. The molecule has 10 nitrogen and oxygen atoms in total. The first-order chi connectivity index (χ1) is 20.3. The topological polar surface area (TPSA) is 141 Å². The van der Waals surface area contributed by atoms with Crippen LogP contribution in [-0.2, 0) is 19.2 Å². The van der Waals surface area contributed by atoms with E-state index in [-0.39, 0.29) is 23.7 Å². The van der Waals surface area contributed by atoms with E-state index in [1.165, 1.54) is 12.8 Å². The lowest BCUT2D eigenvalue weighted by Gasteiger charge is -2.20. The summed E-state index contributed by atoms with van der Waals surface area (Å²) in [7, 11) is 0. The minimum absolute atomic E-state index is 0.0261. The first-order valence-corrected chi connectivity index (χ1v) is 14.8. The fourth-order valence-corrected chi connectivity index (χ4v) is 5.36. The van der Waals surface area contributed by atoms with Crippen LogP contribution in [0, 0.1) is 11.8 Å². The maximum absolute atomic E-state index is 12.6. The molecule has 0 spiro atoms. The molecule has 0 unspecified atom stereocenters. The van der Waals surface area contributed by atoms with Crippen LogP contribution in [0.1, 0.15) is 89.2 Å². The van der Waals surface area contributed by atoms with Gasteiger partial charge in [0, 0.05) is 23.2 Å². The van der Waals surface area contributed by atoms with Crippen LogP contribution in [0.4, 0.5) is 11.4 Å². The van der Waals surface area contributed by atoms with Crippen molar-refractivity contribution in [2.24, 2.45) is 22.0 Å². The maximum atomic E-state index is 12.6. The normalized spacial score (nSPS) is 16.8. The van der Waals surface area contributed by atoms with E-state index < -0.39 is 11.8 Å². The van der Waals surface area contributed by atoms with Crippen LogP contribution in [0.15, 0.2) is 58.7 Å². The number of hydrogen-bond donors (Lipinski definition) is 4. The SMILES string of the molecule is C/C(=N\NC(=O)C(=O)N/N=C(\C)c1cccc(NC(=O)C2CCCCC2)c1)c1cccc(NC(=O)C2CCCCC2)c1. The highest BCUT2D eigenvalue weighted by molar-refractivity contribution is 6.35. The second kappa shape index (κ2) is 15.0. The molecule has 10 heteroatoms. The zero-order valence-electron chi connectivity index (χ0n) is 24.4. The van der Waals surface area contributed by atoms with Crippen LogP contribution in [0.5, 0.6) is 0 Å². The molecule has 2 aromatic rings. The van der Waals surface area contributed by atoms with Gasteiger partial charge in [0.05, 0.1) is 11.4 Å². The lowest BCUT2D eigenvalue weighted by atomic mass is 9.88. The van der Waals surface area contributed by atoms with Gasteiger partial charge in [-0.3, -0.25) is 19.2 Å². The summed E-state index contributed by atoms with van der Waals surface area (Å²) < 4.78 is 0. The Labute approximate surface area is 246 Å². The van der Waals surface area contributed by atoms with Gasteiger partial charge in [0.15, 0.2) is 0 Å². The molecular formula is C32H40N6O4. The lowest BCUT2D eigenvalue weighted by molar-refractivity contribution is -0.139. The largest absolute Gasteiger partial charge is 0.331 e. The average Bonchev–Trinajstić information content (AvgIpc) is 3.03. The van der Waals surface area contributed by atoms with Gasteiger partial charge in [0.1, 0.15) is 0 Å². The van der Waals surface area contributed by atoms with Gasteiger partial charge in [-0.1, -0.05) is 62.8 Å². The Kier molecular flexibility index (Phi) is 11.0. The van der Waals surface area contributed by atoms with E-state index in [0.717, 1.165) is 51.4 Å². The molecule has 2 aromatic carbocycles. The number of nitrogens with zero attached hydrogens (tertiary/aromatic N) is 2. The summed E-state index contributed by atoms with van der Waals surface area (Å²) in [6.07, 6.45) is 10.3. The molecule has 2 fully saturated rings. The Hall–Kier alpha value is -4.34. The number of rotatable bonds is 8. The molecule has 42 heavy (non-hydrogen) atoms. The third kappa shape index (κ3) is 8.83. The van der Waals surface area contributed by atoms with E-state index in [2.05, 4.69) is 31.7 Å². The number of amides is 4. The number of hydrazone groups is 2. The zero-order valence-corrected chi connectivity index (χ0v) is 24.4. The summed E-state index contributed by atoms with van der Waals surface area (Å²) in [4.78, 5) is 49.8. The first kappa shape index (κ1) is 30.6. The van der Waals surface area contributed by atoms with E-state index in [9.17, 15) is 19.2 Å². The van der Waals surface area contributed by atoms with E-state index in [4.69, 9.17) is 0 Å². The molecule has 0 saturated heterocycles. The van der Waals surface area contributed by atoms with Gasteiger partial charge in [-0.25, -0.2) is 10.9 Å². The summed E-state index contributed by atoms with van der Waals surface area (Å²) in [6, 6.07) is 14.4. The van der Waals surface area contributed by atoms with Crippen LogP contribution in [0.3, 0.4) is 0 Å². The van der Waals surface area contributed by atoms with Gasteiger partial charge in [0.25, 0.3) is 0 Å². The number of benzene rings is 2. The van der Waals surface area contributed by atoms with Crippen LogP contribution in [-0.4, -0.2) is 35.1 Å². The zero-order chi connectivity index (χ0) is 29.9. The van der Waals surface area contributed by atoms with Crippen molar-refractivity contribution in [2.75, 3.05) is 10.6 Å². The highest BCUT2D eigenvalue weighted by Gasteiger charge is 2.22. The van der Waals surface area contributed by atoms with Gasteiger partial charge < -0.3 is 10.6 Å². The molecular weight excluding hydrogens is 532 g/mol. The van der Waals surface area contributed by atoms with Gasteiger partial charge in [0.2, 0.25) is 11.8 Å². The van der Waals surface area contributed by atoms with E-state index >= 15 is 0 Å². The minimum Gasteiger partial charge on any atom is -0.326 e. The molecule has 0 aromatic heterocycles. The summed E-state index contributed by atoms with van der Waals surface area (Å²) >= 11 is 0. The Morgan fingerprint density at radius 3 is 1.36 bits per heavy atom. The van der Waals surface area contributed by atoms with Crippen molar-refractivity contribution in [3.8, 4) is 0 Å². The molecule has 4 amide bonds. The molecule has 0 radical (unpaired) electrons. The van der Waals surface area contributed by atoms with Crippen LogP contribution in [0.25, 0.3) is 0 Å². The molecule has 222 valence electrons. The Bertz CT molecular complexity index is 1250. The Morgan fingerprint density at radius 2 is 0.976 bits per heavy atom. The molecule has 0 aliphatic heterocycles. The second-order valence-corrected chi connectivity index (χ2v) is 11.1. The number of carbonyl (C=O) groups excluding carboxylic acids is 4. The predicted octanol–water partition coefficient (Wildman–Crippen LogP) is 5.10. The second-order valence-electron chi connectivity index (χ2n) is 11.1. The standard InChI is InChI=1S/C32H40N6O4/c1-21(25-15-9-17-27(19-25)33-29(39)23-11-5-3-6-12-23)35-37-31(41)32(42)38-36-22(2)26-16-10-18-28(20-26)34-30(40)24-13-7-4-8-14-24/h9-10,15-20,23-24H,3-8,11-14H2,1-2H3,(H,33,39)(H,34,40)(H,37,41)(H,38,42)/b35-21+,36-22+. The molecule has 0 heterocycles. The minimum atomic E-state index is -0.971. The van der Waals surface area contributed by atoms with Crippen molar-refractivity contribution < 1.29 is 19.2 Å². The molecule has 2 aliphatic rings. The summed E-state index contributed by atoms with van der Waals surface area (Å²) in [5.74, 6) is -1.81. The maximum Gasteiger partial charge on any atom is 0.331 e. The van der Waals surface area contributed by atoms with Crippen molar-refractivity contribution >= 4 is 46.4 Å². The van der Waals surface area contributed by atoms with Crippen LogP contribution >= 0.6 is 0 Å². The monoisotopic (exact) mass is 572 g/mol. The van der Waals surface area contributed by atoms with Gasteiger partial charge in [-0.05, 0) is 74.9 Å². The summed E-state index contributed by atoms with van der Waals surface area (Å²) in [6.45, 7) is 3.39. The molecule has 0 bridgehead atoms. The quantitative estimate of drug-likeness (QED) is 0.198. The van der Waals surface area contributed by atoms with Gasteiger partial charge >= 0.3 is 11.8 Å². The fraction of sp³-hybridized carbons (Fsp3) is 0.438. The predicted molar refractivity (Wildman–Crippen MR) is 164 cm³/mol. The third-order valence-corrected chi connectivity index (χ3v) is 7.90. The van der Waals surface area contributed by atoms with Crippen LogP contribution < -0.4 is 21.5 Å². The van der Waals surface area contributed by atoms with E-state index in [0.29, 0.717) is 33.9 Å². The number of carbonyl (C=O) groups is 4. The molecule has 4 N–H and O–H groups in total. The Morgan fingerprint density at radius 1 is 0.595 bits per heavy atom. The summed E-state index contributed by atoms with van der Waals surface area (Å²) in [5, 5.41) is 14.0. The Balaban J connectivity index is 1.28. The van der Waals surface area contributed by atoms with E-state index in [1.807, 2.05) is 12.1 Å².